The number of sulfonamides is 1. The van der Waals surface area contributed by atoms with Gasteiger partial charge in [0.1, 0.15) is 11.5 Å². The van der Waals surface area contributed by atoms with Gasteiger partial charge in [0.2, 0.25) is 10.0 Å². The maximum absolute atomic E-state index is 13.0. The number of benzene rings is 1. The van der Waals surface area contributed by atoms with E-state index >= 15 is 0 Å². The highest BCUT2D eigenvalue weighted by molar-refractivity contribution is 7.89. The van der Waals surface area contributed by atoms with Crippen LogP contribution in [0.5, 0.6) is 0 Å². The number of aromatic nitrogens is 4. The Morgan fingerprint density at radius 3 is 2.60 bits per heavy atom. The summed E-state index contributed by atoms with van der Waals surface area (Å²) < 4.78 is 54.4. The lowest BCUT2D eigenvalue weighted by atomic mass is 10.2. The number of hydrogen-bond acceptors (Lipinski definition) is 8. The molecule has 2 N–H and O–H groups in total. The lowest BCUT2D eigenvalue weighted by Crippen LogP contribution is -2.34. The Hall–Kier alpha value is -1.86. The molecular weight excluding hydrogens is 458 g/mol. The van der Waals surface area contributed by atoms with Crippen molar-refractivity contribution in [1.82, 2.24) is 30.2 Å². The Balaban J connectivity index is 1.92. The summed E-state index contributed by atoms with van der Waals surface area (Å²) in [5.41, 5.74) is 0.0327. The number of halogens is 3. The molecule has 2 aromatic heterocycles. The van der Waals surface area contributed by atoms with Crippen LogP contribution in [0, 0.1) is 0 Å². The second-order valence-corrected chi connectivity index (χ2v) is 10.3. The Morgan fingerprint density at radius 2 is 2.00 bits per heavy atom. The number of alkyl halides is 2. The average Bonchev–Trinajstić information content (AvgIpc) is 3.18. The van der Waals surface area contributed by atoms with Crippen molar-refractivity contribution in [1.29, 1.82) is 0 Å². The van der Waals surface area contributed by atoms with Crippen molar-refractivity contribution in [3.8, 4) is 10.7 Å². The maximum atomic E-state index is 13.0. The first kappa shape index (κ1) is 21.4. The quantitative estimate of drug-likeness (QED) is 0.540. The molecule has 0 atom stereocenters. The molecule has 30 heavy (non-hydrogen) atoms. The zero-order valence-corrected chi connectivity index (χ0v) is 18.3. The summed E-state index contributed by atoms with van der Waals surface area (Å²) in [6.07, 6.45) is -1.28. The SMILES string of the molecule is CNCc1nc(-c2nnc(C(F)F)s2)c2cc(S(=O)(=O)NC3(C)CC3)cc(Cl)c2n1. The third-order valence-electron chi connectivity index (χ3n) is 4.63. The molecule has 1 aliphatic carbocycles. The third-order valence-corrected chi connectivity index (χ3v) is 7.47. The minimum atomic E-state index is -3.85. The van der Waals surface area contributed by atoms with Crippen LogP contribution in [-0.2, 0) is 16.6 Å². The lowest BCUT2D eigenvalue weighted by molar-refractivity contribution is 0.150. The zero-order valence-electron chi connectivity index (χ0n) is 15.9. The van der Waals surface area contributed by atoms with Gasteiger partial charge in [-0.3, -0.25) is 0 Å². The van der Waals surface area contributed by atoms with E-state index < -0.39 is 27.0 Å². The van der Waals surface area contributed by atoms with Crippen molar-refractivity contribution in [3.63, 3.8) is 0 Å². The second kappa shape index (κ2) is 7.68. The van der Waals surface area contributed by atoms with E-state index in [4.69, 9.17) is 11.6 Å². The highest BCUT2D eigenvalue weighted by atomic mass is 35.5. The van der Waals surface area contributed by atoms with Crippen LogP contribution < -0.4 is 10.0 Å². The Bertz CT molecular complexity index is 1230. The van der Waals surface area contributed by atoms with Crippen LogP contribution in [0.2, 0.25) is 5.02 Å². The zero-order chi connectivity index (χ0) is 21.7. The molecule has 1 aromatic carbocycles. The number of hydrogen-bond donors (Lipinski definition) is 2. The molecule has 3 aromatic rings. The van der Waals surface area contributed by atoms with Gasteiger partial charge >= 0.3 is 0 Å². The molecule has 1 aliphatic rings. The van der Waals surface area contributed by atoms with E-state index in [0.717, 1.165) is 12.8 Å². The Kier molecular flexibility index (Phi) is 5.47. The van der Waals surface area contributed by atoms with Crippen LogP contribution in [0.4, 0.5) is 8.78 Å². The first-order chi connectivity index (χ1) is 14.1. The van der Waals surface area contributed by atoms with Gasteiger partial charge in [0.05, 0.1) is 22.0 Å². The van der Waals surface area contributed by atoms with Gasteiger partial charge in [-0.15, -0.1) is 10.2 Å². The molecule has 8 nitrogen and oxygen atoms in total. The lowest BCUT2D eigenvalue weighted by Gasteiger charge is -2.14. The minimum absolute atomic E-state index is 0.0575. The molecule has 1 fully saturated rings. The van der Waals surface area contributed by atoms with Gasteiger partial charge in [0.25, 0.3) is 6.43 Å². The van der Waals surface area contributed by atoms with E-state index in [1.54, 1.807) is 7.05 Å². The first-order valence-corrected chi connectivity index (χ1v) is 11.6. The van der Waals surface area contributed by atoms with Gasteiger partial charge in [0.15, 0.2) is 10.0 Å². The van der Waals surface area contributed by atoms with Gasteiger partial charge < -0.3 is 5.32 Å². The normalized spacial score (nSPS) is 15.8. The molecule has 0 radical (unpaired) electrons. The van der Waals surface area contributed by atoms with E-state index in [0.29, 0.717) is 34.6 Å². The van der Waals surface area contributed by atoms with Crippen molar-refractivity contribution in [2.45, 2.75) is 43.2 Å². The summed E-state index contributed by atoms with van der Waals surface area (Å²) in [4.78, 5) is 8.73. The molecule has 1 saturated carbocycles. The van der Waals surface area contributed by atoms with Crippen molar-refractivity contribution in [3.05, 3.63) is 28.0 Å². The monoisotopic (exact) mass is 474 g/mol. The van der Waals surface area contributed by atoms with Crippen LogP contribution in [0.15, 0.2) is 17.0 Å². The van der Waals surface area contributed by atoms with Gasteiger partial charge in [-0.2, -0.15) is 0 Å². The van der Waals surface area contributed by atoms with Crippen LogP contribution >= 0.6 is 22.9 Å². The molecule has 0 bridgehead atoms. The number of fused-ring (bicyclic) bond motifs is 1. The van der Waals surface area contributed by atoms with Crippen molar-refractivity contribution in [2.75, 3.05) is 7.05 Å². The fraction of sp³-hybridized carbons (Fsp3) is 0.412. The molecule has 0 amide bonds. The number of nitrogens with zero attached hydrogens (tertiary/aromatic N) is 4. The van der Waals surface area contributed by atoms with E-state index in [2.05, 4.69) is 30.2 Å². The van der Waals surface area contributed by atoms with Crippen LogP contribution in [-0.4, -0.2) is 41.2 Å². The van der Waals surface area contributed by atoms with Gasteiger partial charge in [-0.25, -0.2) is 31.9 Å². The molecule has 13 heteroatoms. The first-order valence-electron chi connectivity index (χ1n) is 8.92. The minimum Gasteiger partial charge on any atom is -0.313 e. The number of nitrogens with one attached hydrogen (secondary N) is 2. The standard InChI is InChI=1S/C17H17ClF2N6O2S2/c1-17(3-4-17)26-30(27,28)8-5-9-12(10(18)6-8)22-11(7-21-2)23-13(9)15-24-25-16(29-15)14(19)20/h5-6,14,21,26H,3-4,7H2,1-2H3. The third kappa shape index (κ3) is 4.14. The van der Waals surface area contributed by atoms with Gasteiger partial charge in [-0.1, -0.05) is 22.9 Å². The molecule has 0 saturated heterocycles. The maximum Gasteiger partial charge on any atom is 0.291 e. The summed E-state index contributed by atoms with van der Waals surface area (Å²) in [7, 11) is -2.15. The van der Waals surface area contributed by atoms with E-state index in [1.165, 1.54) is 12.1 Å². The van der Waals surface area contributed by atoms with E-state index in [-0.39, 0.29) is 20.6 Å². The number of rotatable bonds is 7. The molecule has 2 heterocycles. The summed E-state index contributed by atoms with van der Waals surface area (Å²) in [5.74, 6) is 0.356. The van der Waals surface area contributed by atoms with E-state index in [1.807, 2.05) is 6.92 Å². The van der Waals surface area contributed by atoms with Gasteiger partial charge in [-0.05, 0) is 38.9 Å². The average molecular weight is 475 g/mol. The molecule has 4 rings (SSSR count). The predicted molar refractivity (Wildman–Crippen MR) is 109 cm³/mol. The molecule has 0 spiro atoms. The molecule has 0 unspecified atom stereocenters. The van der Waals surface area contributed by atoms with Crippen molar-refractivity contribution in [2.24, 2.45) is 0 Å². The summed E-state index contributed by atoms with van der Waals surface area (Å²) in [5, 5.41) is 10.3. The summed E-state index contributed by atoms with van der Waals surface area (Å²) in [6.45, 7) is 2.11. The van der Waals surface area contributed by atoms with Gasteiger partial charge in [0, 0.05) is 10.9 Å². The van der Waals surface area contributed by atoms with E-state index in [9.17, 15) is 17.2 Å². The van der Waals surface area contributed by atoms with Crippen molar-refractivity contribution >= 4 is 43.9 Å². The topological polar surface area (TPSA) is 110 Å². The second-order valence-electron chi connectivity index (χ2n) is 7.23. The fourth-order valence-electron chi connectivity index (χ4n) is 2.86. The van der Waals surface area contributed by atoms with Crippen LogP contribution in [0.25, 0.3) is 21.6 Å². The molecule has 160 valence electrons. The Morgan fingerprint density at radius 1 is 1.27 bits per heavy atom. The fourth-order valence-corrected chi connectivity index (χ4v) is 5.40. The highest BCUT2D eigenvalue weighted by Gasteiger charge is 2.41. The predicted octanol–water partition coefficient (Wildman–Crippen LogP) is 3.29. The van der Waals surface area contributed by atoms with Crippen LogP contribution in [0.1, 0.15) is 37.0 Å². The molecule has 0 aliphatic heterocycles. The molecular formula is C17H17ClF2N6O2S2. The highest BCUT2D eigenvalue weighted by Crippen LogP contribution is 2.38. The largest absolute Gasteiger partial charge is 0.313 e. The smallest absolute Gasteiger partial charge is 0.291 e. The van der Waals surface area contributed by atoms with Crippen LogP contribution in [0.3, 0.4) is 0 Å². The summed E-state index contributed by atoms with van der Waals surface area (Å²) >= 11 is 7.07. The summed E-state index contributed by atoms with van der Waals surface area (Å²) in [6, 6.07) is 2.71. The Labute approximate surface area is 180 Å². The van der Waals surface area contributed by atoms with Crippen molar-refractivity contribution < 1.29 is 17.2 Å².